The van der Waals surface area contributed by atoms with Gasteiger partial charge in [0.1, 0.15) is 11.5 Å². The van der Waals surface area contributed by atoms with Crippen LogP contribution >= 0.6 is 11.3 Å². The molecule has 17 heavy (non-hydrogen) atoms. The number of anilines is 1. The lowest BCUT2D eigenvalue weighted by Gasteiger charge is -2.24. The van der Waals surface area contributed by atoms with E-state index in [-0.39, 0.29) is 0 Å². The Labute approximate surface area is 104 Å². The second-order valence-electron chi connectivity index (χ2n) is 4.40. The molecule has 0 aliphatic carbocycles. The molecule has 90 valence electrons. The van der Waals surface area contributed by atoms with E-state index in [2.05, 4.69) is 29.8 Å². The SMILES string of the molecule is Cc1ccsc1-c1cc2n(n1)C(CN)CCN2. The van der Waals surface area contributed by atoms with Gasteiger partial charge in [-0.3, -0.25) is 0 Å². The third-order valence-corrected chi connectivity index (χ3v) is 4.27. The van der Waals surface area contributed by atoms with E-state index in [0.29, 0.717) is 12.6 Å². The number of thiophene rings is 1. The van der Waals surface area contributed by atoms with E-state index in [1.807, 2.05) is 4.68 Å². The summed E-state index contributed by atoms with van der Waals surface area (Å²) in [5, 5.41) is 10.2. The Morgan fingerprint density at radius 1 is 1.65 bits per heavy atom. The minimum absolute atomic E-state index is 0.334. The molecule has 0 aromatic carbocycles. The minimum atomic E-state index is 0.334. The minimum Gasteiger partial charge on any atom is -0.370 e. The number of hydrogen-bond donors (Lipinski definition) is 2. The predicted octanol–water partition coefficient (Wildman–Crippen LogP) is 2.24. The molecule has 0 bridgehead atoms. The third kappa shape index (κ3) is 1.75. The summed E-state index contributed by atoms with van der Waals surface area (Å²) >= 11 is 1.74. The Morgan fingerprint density at radius 2 is 2.53 bits per heavy atom. The van der Waals surface area contributed by atoms with Crippen molar-refractivity contribution in [1.82, 2.24) is 9.78 Å². The highest BCUT2D eigenvalue weighted by molar-refractivity contribution is 7.13. The average molecular weight is 248 g/mol. The molecule has 5 heteroatoms. The summed E-state index contributed by atoms with van der Waals surface area (Å²) in [5.74, 6) is 1.09. The van der Waals surface area contributed by atoms with Crippen molar-refractivity contribution in [1.29, 1.82) is 0 Å². The number of hydrogen-bond acceptors (Lipinski definition) is 4. The molecule has 1 unspecified atom stereocenters. The summed E-state index contributed by atoms with van der Waals surface area (Å²) in [5.41, 5.74) is 8.13. The molecule has 2 aromatic heterocycles. The number of rotatable bonds is 2. The topological polar surface area (TPSA) is 55.9 Å². The van der Waals surface area contributed by atoms with E-state index < -0.39 is 0 Å². The highest BCUT2D eigenvalue weighted by Crippen LogP contribution is 2.32. The molecular weight excluding hydrogens is 232 g/mol. The van der Waals surface area contributed by atoms with Gasteiger partial charge in [0.2, 0.25) is 0 Å². The van der Waals surface area contributed by atoms with Gasteiger partial charge in [0, 0.05) is 19.2 Å². The molecule has 0 amide bonds. The fraction of sp³-hybridized carbons (Fsp3) is 0.417. The van der Waals surface area contributed by atoms with Crippen molar-refractivity contribution in [3.8, 4) is 10.6 Å². The Balaban J connectivity index is 2.04. The summed E-state index contributed by atoms with van der Waals surface area (Å²) in [7, 11) is 0. The zero-order valence-corrected chi connectivity index (χ0v) is 10.6. The van der Waals surface area contributed by atoms with Crippen molar-refractivity contribution in [2.75, 3.05) is 18.4 Å². The summed E-state index contributed by atoms with van der Waals surface area (Å²) in [4.78, 5) is 1.25. The van der Waals surface area contributed by atoms with Crippen LogP contribution in [-0.4, -0.2) is 22.9 Å². The number of nitrogens with zero attached hydrogens (tertiary/aromatic N) is 2. The van der Waals surface area contributed by atoms with Crippen LogP contribution in [0.3, 0.4) is 0 Å². The first kappa shape index (κ1) is 10.8. The highest BCUT2D eigenvalue weighted by Gasteiger charge is 2.21. The first-order valence-electron chi connectivity index (χ1n) is 5.87. The molecule has 0 saturated heterocycles. The number of nitrogens with two attached hydrogens (primary N) is 1. The van der Waals surface area contributed by atoms with Gasteiger partial charge in [-0.2, -0.15) is 5.10 Å². The third-order valence-electron chi connectivity index (χ3n) is 3.23. The molecule has 2 aromatic rings. The lowest BCUT2D eigenvalue weighted by molar-refractivity contribution is 0.429. The van der Waals surface area contributed by atoms with Gasteiger partial charge in [-0.1, -0.05) is 0 Å². The quantitative estimate of drug-likeness (QED) is 0.857. The molecule has 0 spiro atoms. The first-order chi connectivity index (χ1) is 8.29. The molecule has 1 atom stereocenters. The number of aromatic nitrogens is 2. The standard InChI is InChI=1S/C12H16N4S/c1-8-3-5-17-12(8)10-6-11-14-4-2-9(7-13)16(11)15-10/h3,5-6,9,14H,2,4,7,13H2,1H3. The number of nitrogens with one attached hydrogen (secondary N) is 1. The molecule has 0 saturated carbocycles. The van der Waals surface area contributed by atoms with Crippen molar-refractivity contribution in [3.05, 3.63) is 23.1 Å². The normalized spacial score (nSPS) is 18.8. The molecule has 1 aliphatic rings. The molecule has 0 radical (unpaired) electrons. The zero-order valence-electron chi connectivity index (χ0n) is 9.81. The van der Waals surface area contributed by atoms with Gasteiger partial charge in [0.25, 0.3) is 0 Å². The maximum absolute atomic E-state index is 5.79. The molecule has 1 aliphatic heterocycles. The second kappa shape index (κ2) is 4.16. The van der Waals surface area contributed by atoms with Crippen LogP contribution < -0.4 is 11.1 Å². The van der Waals surface area contributed by atoms with Crippen molar-refractivity contribution in [2.45, 2.75) is 19.4 Å². The van der Waals surface area contributed by atoms with Crippen LogP contribution in [0, 0.1) is 6.92 Å². The van der Waals surface area contributed by atoms with Gasteiger partial charge in [-0.15, -0.1) is 11.3 Å². The van der Waals surface area contributed by atoms with E-state index in [1.54, 1.807) is 11.3 Å². The maximum atomic E-state index is 5.79. The first-order valence-corrected chi connectivity index (χ1v) is 6.75. The van der Waals surface area contributed by atoms with Crippen molar-refractivity contribution >= 4 is 17.2 Å². The monoisotopic (exact) mass is 248 g/mol. The van der Waals surface area contributed by atoms with E-state index in [0.717, 1.165) is 24.5 Å². The van der Waals surface area contributed by atoms with Crippen molar-refractivity contribution in [2.24, 2.45) is 5.73 Å². The van der Waals surface area contributed by atoms with Crippen LogP contribution in [0.4, 0.5) is 5.82 Å². The van der Waals surface area contributed by atoms with E-state index >= 15 is 0 Å². The number of fused-ring (bicyclic) bond motifs is 1. The Morgan fingerprint density at radius 3 is 3.24 bits per heavy atom. The molecule has 3 heterocycles. The van der Waals surface area contributed by atoms with Crippen LogP contribution in [0.5, 0.6) is 0 Å². The molecule has 3 N–H and O–H groups in total. The van der Waals surface area contributed by atoms with E-state index in [9.17, 15) is 0 Å². The lowest BCUT2D eigenvalue weighted by atomic mass is 10.2. The largest absolute Gasteiger partial charge is 0.370 e. The van der Waals surface area contributed by atoms with E-state index in [4.69, 9.17) is 10.8 Å². The van der Waals surface area contributed by atoms with Crippen LogP contribution in [0.25, 0.3) is 10.6 Å². The Bertz CT molecular complexity index is 528. The maximum Gasteiger partial charge on any atom is 0.125 e. The summed E-state index contributed by atoms with van der Waals surface area (Å²) in [6.45, 7) is 3.76. The van der Waals surface area contributed by atoms with Crippen LogP contribution in [0.2, 0.25) is 0 Å². The van der Waals surface area contributed by atoms with E-state index in [1.165, 1.54) is 10.4 Å². The summed E-state index contributed by atoms with van der Waals surface area (Å²) in [6.07, 6.45) is 1.05. The Kier molecular flexibility index (Phi) is 2.64. The number of aryl methyl sites for hydroxylation is 1. The van der Waals surface area contributed by atoms with Crippen LogP contribution in [0.15, 0.2) is 17.5 Å². The summed E-state index contributed by atoms with van der Waals surface area (Å²) in [6, 6.07) is 4.59. The lowest BCUT2D eigenvalue weighted by Crippen LogP contribution is -2.28. The van der Waals surface area contributed by atoms with Crippen molar-refractivity contribution < 1.29 is 0 Å². The molecule has 0 fully saturated rings. The fourth-order valence-corrected chi connectivity index (χ4v) is 3.14. The molecular formula is C12H16N4S. The fourth-order valence-electron chi connectivity index (χ4n) is 2.26. The van der Waals surface area contributed by atoms with Gasteiger partial charge in [-0.25, -0.2) is 4.68 Å². The average Bonchev–Trinajstić information content (AvgIpc) is 2.93. The Hall–Kier alpha value is -1.33. The van der Waals surface area contributed by atoms with Gasteiger partial charge in [0.15, 0.2) is 0 Å². The van der Waals surface area contributed by atoms with Gasteiger partial charge in [0.05, 0.1) is 10.9 Å². The van der Waals surface area contributed by atoms with Gasteiger partial charge in [-0.05, 0) is 30.4 Å². The smallest absolute Gasteiger partial charge is 0.125 e. The zero-order chi connectivity index (χ0) is 11.8. The molecule has 3 rings (SSSR count). The van der Waals surface area contributed by atoms with Crippen LogP contribution in [0.1, 0.15) is 18.0 Å². The summed E-state index contributed by atoms with van der Waals surface area (Å²) < 4.78 is 2.04. The van der Waals surface area contributed by atoms with Crippen molar-refractivity contribution in [3.63, 3.8) is 0 Å². The van der Waals surface area contributed by atoms with Gasteiger partial charge < -0.3 is 11.1 Å². The molecule has 4 nitrogen and oxygen atoms in total. The highest BCUT2D eigenvalue weighted by atomic mass is 32.1. The van der Waals surface area contributed by atoms with Crippen LogP contribution in [-0.2, 0) is 0 Å². The second-order valence-corrected chi connectivity index (χ2v) is 5.31. The predicted molar refractivity (Wildman–Crippen MR) is 71.5 cm³/mol. The van der Waals surface area contributed by atoms with Gasteiger partial charge >= 0.3 is 0 Å².